The van der Waals surface area contributed by atoms with Crippen molar-refractivity contribution >= 4 is 28.3 Å². The molecule has 3 rings (SSSR count). The Morgan fingerprint density at radius 3 is 2.70 bits per heavy atom. The van der Waals surface area contributed by atoms with E-state index in [1.807, 2.05) is 18.2 Å². The van der Waals surface area contributed by atoms with Gasteiger partial charge in [-0.2, -0.15) is 0 Å². The van der Waals surface area contributed by atoms with E-state index in [9.17, 15) is 0 Å². The van der Waals surface area contributed by atoms with Crippen LogP contribution in [0, 0.1) is 5.41 Å². The number of nitrogens with zero attached hydrogens (tertiary/aromatic N) is 2. The van der Waals surface area contributed by atoms with E-state index in [0.717, 1.165) is 29.1 Å². The first-order valence-corrected chi connectivity index (χ1v) is 7.86. The molecular formula is C16H20ClN3. The molecule has 0 amide bonds. The Labute approximate surface area is 124 Å². The van der Waals surface area contributed by atoms with Gasteiger partial charge in [-0.3, -0.25) is 0 Å². The van der Waals surface area contributed by atoms with Gasteiger partial charge in [-0.1, -0.05) is 31.4 Å². The number of hydrogen-bond donors (Lipinski definition) is 1. The topological polar surface area (TPSA) is 37.8 Å². The predicted molar refractivity (Wildman–Crippen MR) is 84.3 cm³/mol. The number of fused-ring (bicyclic) bond motifs is 1. The fourth-order valence-corrected chi connectivity index (χ4v) is 3.44. The van der Waals surface area contributed by atoms with Crippen molar-refractivity contribution in [3.05, 3.63) is 30.6 Å². The minimum Gasteiger partial charge on any atom is -0.369 e. The summed E-state index contributed by atoms with van der Waals surface area (Å²) in [6.07, 6.45) is 7.98. The van der Waals surface area contributed by atoms with Gasteiger partial charge in [0.2, 0.25) is 0 Å². The van der Waals surface area contributed by atoms with Crippen LogP contribution >= 0.6 is 11.6 Å². The molecule has 0 radical (unpaired) electrons. The van der Waals surface area contributed by atoms with Gasteiger partial charge < -0.3 is 5.32 Å². The first-order chi connectivity index (χ1) is 9.83. The summed E-state index contributed by atoms with van der Waals surface area (Å²) in [6, 6.07) is 8.10. The molecule has 1 N–H and O–H groups in total. The molecule has 1 heterocycles. The molecule has 20 heavy (non-hydrogen) atoms. The molecule has 3 nitrogen and oxygen atoms in total. The average Bonchev–Trinajstić information content (AvgIpc) is 2.54. The summed E-state index contributed by atoms with van der Waals surface area (Å²) < 4.78 is 0. The number of benzene rings is 1. The molecular weight excluding hydrogens is 270 g/mol. The number of hydrogen-bond acceptors (Lipinski definition) is 3. The highest BCUT2D eigenvalue weighted by atomic mass is 35.5. The lowest BCUT2D eigenvalue weighted by Crippen LogP contribution is -2.34. The monoisotopic (exact) mass is 289 g/mol. The molecule has 1 aliphatic carbocycles. The summed E-state index contributed by atoms with van der Waals surface area (Å²) in [6.45, 7) is 0.900. The maximum absolute atomic E-state index is 6.25. The first-order valence-electron chi connectivity index (χ1n) is 7.33. The maximum atomic E-state index is 6.25. The van der Waals surface area contributed by atoms with Crippen LogP contribution in [-0.4, -0.2) is 22.4 Å². The van der Waals surface area contributed by atoms with Gasteiger partial charge in [-0.25, -0.2) is 9.97 Å². The second-order valence-electron chi connectivity index (χ2n) is 5.79. The molecule has 2 aromatic rings. The van der Waals surface area contributed by atoms with E-state index in [2.05, 4.69) is 21.4 Å². The van der Waals surface area contributed by atoms with Crippen LogP contribution < -0.4 is 5.32 Å². The highest BCUT2D eigenvalue weighted by molar-refractivity contribution is 6.18. The minimum atomic E-state index is 0.228. The molecule has 1 saturated carbocycles. The van der Waals surface area contributed by atoms with Crippen molar-refractivity contribution in [2.75, 3.05) is 17.7 Å². The Kier molecular flexibility index (Phi) is 4.06. The number of alkyl halides is 1. The van der Waals surface area contributed by atoms with Gasteiger partial charge in [-0.05, 0) is 25.0 Å². The van der Waals surface area contributed by atoms with Gasteiger partial charge in [0, 0.05) is 23.2 Å². The Bertz CT molecular complexity index is 573. The largest absolute Gasteiger partial charge is 0.369 e. The molecule has 1 aromatic heterocycles. The number of anilines is 1. The van der Waals surface area contributed by atoms with E-state index in [-0.39, 0.29) is 5.41 Å². The third-order valence-electron chi connectivity index (χ3n) is 4.37. The van der Waals surface area contributed by atoms with E-state index in [1.54, 1.807) is 6.33 Å². The van der Waals surface area contributed by atoms with Crippen molar-refractivity contribution in [2.45, 2.75) is 32.1 Å². The molecule has 0 atom stereocenters. The molecule has 1 aliphatic rings. The van der Waals surface area contributed by atoms with Crippen LogP contribution in [0.25, 0.3) is 10.9 Å². The SMILES string of the molecule is ClCC1(CNc2ncnc3ccccc23)CCCCC1. The van der Waals surface area contributed by atoms with Crippen molar-refractivity contribution in [1.82, 2.24) is 9.97 Å². The zero-order chi connectivity index (χ0) is 13.8. The number of aromatic nitrogens is 2. The van der Waals surface area contributed by atoms with Crippen LogP contribution in [0.4, 0.5) is 5.82 Å². The highest BCUT2D eigenvalue weighted by Crippen LogP contribution is 2.37. The Morgan fingerprint density at radius 2 is 1.90 bits per heavy atom. The highest BCUT2D eigenvalue weighted by Gasteiger charge is 2.31. The van der Waals surface area contributed by atoms with E-state index in [1.165, 1.54) is 32.1 Å². The number of nitrogens with one attached hydrogen (secondary N) is 1. The summed E-state index contributed by atoms with van der Waals surface area (Å²) >= 11 is 6.25. The van der Waals surface area contributed by atoms with Crippen LogP contribution in [0.15, 0.2) is 30.6 Å². The second-order valence-corrected chi connectivity index (χ2v) is 6.05. The molecule has 0 bridgehead atoms. The van der Waals surface area contributed by atoms with E-state index in [4.69, 9.17) is 11.6 Å². The number of para-hydroxylation sites is 1. The van der Waals surface area contributed by atoms with Gasteiger partial charge in [0.25, 0.3) is 0 Å². The quantitative estimate of drug-likeness (QED) is 0.856. The first kappa shape index (κ1) is 13.6. The lowest BCUT2D eigenvalue weighted by molar-refractivity contribution is 0.238. The fourth-order valence-electron chi connectivity index (χ4n) is 3.08. The van der Waals surface area contributed by atoms with Gasteiger partial charge in [0.15, 0.2) is 0 Å². The molecule has 0 aliphatic heterocycles. The third-order valence-corrected chi connectivity index (χ3v) is 4.94. The third kappa shape index (κ3) is 2.73. The van der Waals surface area contributed by atoms with Gasteiger partial charge in [0.1, 0.15) is 12.1 Å². The molecule has 0 unspecified atom stereocenters. The van der Waals surface area contributed by atoms with Gasteiger partial charge >= 0.3 is 0 Å². The summed E-state index contributed by atoms with van der Waals surface area (Å²) in [5, 5.41) is 4.59. The van der Waals surface area contributed by atoms with Crippen molar-refractivity contribution < 1.29 is 0 Å². The molecule has 0 spiro atoms. The van der Waals surface area contributed by atoms with Crippen LogP contribution in [0.3, 0.4) is 0 Å². The molecule has 1 fully saturated rings. The molecule has 0 saturated heterocycles. The average molecular weight is 290 g/mol. The Hall–Kier alpha value is -1.35. The van der Waals surface area contributed by atoms with Crippen LogP contribution in [0.5, 0.6) is 0 Å². The zero-order valence-corrected chi connectivity index (χ0v) is 12.4. The van der Waals surface area contributed by atoms with E-state index in [0.29, 0.717) is 0 Å². The van der Waals surface area contributed by atoms with E-state index >= 15 is 0 Å². The lowest BCUT2D eigenvalue weighted by atomic mass is 9.75. The minimum absolute atomic E-state index is 0.228. The molecule has 106 valence electrons. The number of halogens is 1. The summed E-state index contributed by atoms with van der Waals surface area (Å²) in [5.41, 5.74) is 1.21. The second kappa shape index (κ2) is 5.96. The van der Waals surface area contributed by atoms with Gasteiger partial charge in [0.05, 0.1) is 5.52 Å². The standard InChI is InChI=1S/C16H20ClN3/c17-10-16(8-4-1-5-9-16)11-18-15-13-6-2-3-7-14(13)19-12-20-15/h2-3,6-7,12H,1,4-5,8-11H2,(H,18,19,20). The summed E-state index contributed by atoms with van der Waals surface area (Å²) in [4.78, 5) is 8.69. The predicted octanol–water partition coefficient (Wildman–Crippen LogP) is 4.23. The summed E-state index contributed by atoms with van der Waals surface area (Å²) in [5.74, 6) is 1.65. The van der Waals surface area contributed by atoms with Crippen LogP contribution in [-0.2, 0) is 0 Å². The van der Waals surface area contributed by atoms with Crippen molar-refractivity contribution in [3.63, 3.8) is 0 Å². The fraction of sp³-hybridized carbons (Fsp3) is 0.500. The molecule has 4 heteroatoms. The van der Waals surface area contributed by atoms with Crippen LogP contribution in [0.2, 0.25) is 0 Å². The normalized spacial score (nSPS) is 18.1. The number of rotatable bonds is 4. The van der Waals surface area contributed by atoms with E-state index < -0.39 is 0 Å². The molecule has 1 aromatic carbocycles. The van der Waals surface area contributed by atoms with Crippen molar-refractivity contribution in [3.8, 4) is 0 Å². The smallest absolute Gasteiger partial charge is 0.137 e. The Balaban J connectivity index is 1.79. The zero-order valence-electron chi connectivity index (χ0n) is 11.6. The van der Waals surface area contributed by atoms with Gasteiger partial charge in [-0.15, -0.1) is 11.6 Å². The maximum Gasteiger partial charge on any atom is 0.137 e. The summed E-state index contributed by atoms with van der Waals surface area (Å²) in [7, 11) is 0. The van der Waals surface area contributed by atoms with Crippen molar-refractivity contribution in [2.24, 2.45) is 5.41 Å². The Morgan fingerprint density at radius 1 is 1.10 bits per heavy atom. The van der Waals surface area contributed by atoms with Crippen molar-refractivity contribution in [1.29, 1.82) is 0 Å². The lowest BCUT2D eigenvalue weighted by Gasteiger charge is -2.35. The van der Waals surface area contributed by atoms with Crippen LogP contribution in [0.1, 0.15) is 32.1 Å².